The molecule has 0 aliphatic heterocycles. The van der Waals surface area contributed by atoms with E-state index in [2.05, 4.69) is 12.2 Å². The summed E-state index contributed by atoms with van der Waals surface area (Å²) in [5.41, 5.74) is 1.60. The van der Waals surface area contributed by atoms with Crippen LogP contribution in [0.1, 0.15) is 51.6 Å². The molecule has 2 aromatic carbocycles. The minimum absolute atomic E-state index is 0.102. The number of phenolic OH excluding ortho intramolecular Hbond substituents is 1. The molecule has 0 aromatic heterocycles. The number of ketones is 2. The Bertz CT molecular complexity index is 765. The van der Waals surface area contributed by atoms with E-state index in [0.717, 1.165) is 12.8 Å². The number of nitrogens with one attached hydrogen (secondary N) is 1. The van der Waals surface area contributed by atoms with E-state index in [9.17, 15) is 14.7 Å². The van der Waals surface area contributed by atoms with E-state index in [1.165, 1.54) is 0 Å². The van der Waals surface area contributed by atoms with Gasteiger partial charge in [-0.25, -0.2) is 0 Å². The molecule has 2 N–H and O–H groups in total. The largest absolute Gasteiger partial charge is 0.505 e. The fourth-order valence-corrected chi connectivity index (χ4v) is 2.71. The van der Waals surface area contributed by atoms with Gasteiger partial charge in [0, 0.05) is 23.2 Å². The molecule has 0 unspecified atom stereocenters. The highest BCUT2D eigenvalue weighted by Gasteiger charge is 2.32. The van der Waals surface area contributed by atoms with Crippen molar-refractivity contribution in [1.29, 1.82) is 0 Å². The summed E-state index contributed by atoms with van der Waals surface area (Å²) < 4.78 is 0. The van der Waals surface area contributed by atoms with Gasteiger partial charge in [-0.1, -0.05) is 37.6 Å². The lowest BCUT2D eigenvalue weighted by Gasteiger charge is -2.20. The van der Waals surface area contributed by atoms with Gasteiger partial charge in [0.15, 0.2) is 17.3 Å². The second kappa shape index (κ2) is 5.64. The number of carbonyl (C=O) groups is 2. The van der Waals surface area contributed by atoms with Crippen LogP contribution in [0.2, 0.25) is 0 Å². The maximum Gasteiger partial charge on any atom is 0.198 e. The van der Waals surface area contributed by atoms with Crippen LogP contribution in [0.4, 0.5) is 5.69 Å². The van der Waals surface area contributed by atoms with E-state index >= 15 is 0 Å². The van der Waals surface area contributed by atoms with Crippen LogP contribution in [0.5, 0.6) is 5.75 Å². The van der Waals surface area contributed by atoms with E-state index in [0.29, 0.717) is 23.4 Å². The van der Waals surface area contributed by atoms with Crippen molar-refractivity contribution < 1.29 is 14.7 Å². The number of rotatable bonds is 4. The maximum atomic E-state index is 12.6. The van der Waals surface area contributed by atoms with Gasteiger partial charge < -0.3 is 10.4 Å². The standard InChI is InChI=1S/C18H17NO3/c1-2-3-10-19-14-9-8-13-15(18(14)22)17(21)12-7-5-4-6-11(12)16(13)20/h4-9,19,22H,2-3,10H2,1H3. The lowest BCUT2D eigenvalue weighted by atomic mass is 9.83. The quantitative estimate of drug-likeness (QED) is 0.572. The summed E-state index contributed by atoms with van der Waals surface area (Å²) in [6, 6.07) is 9.98. The zero-order chi connectivity index (χ0) is 15.7. The minimum Gasteiger partial charge on any atom is -0.505 e. The van der Waals surface area contributed by atoms with Crippen molar-refractivity contribution in [3.05, 3.63) is 58.7 Å². The van der Waals surface area contributed by atoms with Gasteiger partial charge in [0.1, 0.15) is 0 Å². The highest BCUT2D eigenvalue weighted by Crippen LogP contribution is 2.37. The molecule has 3 rings (SSSR count). The van der Waals surface area contributed by atoms with Crippen LogP contribution in [0.3, 0.4) is 0 Å². The Morgan fingerprint density at radius 1 is 0.955 bits per heavy atom. The van der Waals surface area contributed by atoms with E-state index in [-0.39, 0.29) is 28.4 Å². The molecule has 0 radical (unpaired) electrons. The number of benzene rings is 2. The van der Waals surface area contributed by atoms with Crippen LogP contribution in [-0.2, 0) is 0 Å². The summed E-state index contributed by atoms with van der Waals surface area (Å²) in [7, 11) is 0. The van der Waals surface area contributed by atoms with Gasteiger partial charge >= 0.3 is 0 Å². The summed E-state index contributed by atoms with van der Waals surface area (Å²) in [5, 5.41) is 13.5. The fourth-order valence-electron chi connectivity index (χ4n) is 2.71. The van der Waals surface area contributed by atoms with Crippen molar-refractivity contribution in [2.75, 3.05) is 11.9 Å². The fraction of sp³-hybridized carbons (Fsp3) is 0.222. The smallest absolute Gasteiger partial charge is 0.198 e. The molecule has 1 aliphatic rings. The van der Waals surface area contributed by atoms with Gasteiger partial charge in [-0.15, -0.1) is 0 Å². The Labute approximate surface area is 128 Å². The maximum absolute atomic E-state index is 12.6. The molecule has 0 saturated carbocycles. The van der Waals surface area contributed by atoms with Gasteiger partial charge in [-0.3, -0.25) is 9.59 Å². The van der Waals surface area contributed by atoms with Crippen molar-refractivity contribution in [2.45, 2.75) is 19.8 Å². The molecular weight excluding hydrogens is 278 g/mol. The number of anilines is 1. The number of unbranched alkanes of at least 4 members (excludes halogenated alkanes) is 1. The molecular formula is C18H17NO3. The summed E-state index contributed by atoms with van der Waals surface area (Å²) in [5.74, 6) is -0.663. The summed E-state index contributed by atoms with van der Waals surface area (Å²) in [6.07, 6.45) is 2.00. The Kier molecular flexibility index (Phi) is 3.67. The predicted molar refractivity (Wildman–Crippen MR) is 84.8 cm³/mol. The number of fused-ring (bicyclic) bond motifs is 2. The molecule has 0 amide bonds. The van der Waals surface area contributed by atoms with E-state index in [1.807, 2.05) is 0 Å². The van der Waals surface area contributed by atoms with Crippen LogP contribution in [0, 0.1) is 0 Å². The molecule has 1 aliphatic carbocycles. The third-order valence-corrected chi connectivity index (χ3v) is 3.91. The Morgan fingerprint density at radius 3 is 2.32 bits per heavy atom. The van der Waals surface area contributed by atoms with Crippen LogP contribution in [-0.4, -0.2) is 23.2 Å². The van der Waals surface area contributed by atoms with Crippen LogP contribution in [0.15, 0.2) is 36.4 Å². The molecule has 0 saturated heterocycles. The minimum atomic E-state index is -0.304. The molecule has 0 heterocycles. The zero-order valence-electron chi connectivity index (χ0n) is 12.3. The molecule has 0 bridgehead atoms. The van der Waals surface area contributed by atoms with Gasteiger partial charge in [-0.2, -0.15) is 0 Å². The van der Waals surface area contributed by atoms with E-state index in [1.54, 1.807) is 36.4 Å². The lowest BCUT2D eigenvalue weighted by molar-refractivity contribution is 0.0977. The first-order valence-electron chi connectivity index (χ1n) is 7.43. The molecule has 0 atom stereocenters. The number of hydrogen-bond acceptors (Lipinski definition) is 4. The highest BCUT2D eigenvalue weighted by atomic mass is 16.3. The highest BCUT2D eigenvalue weighted by molar-refractivity contribution is 6.29. The average Bonchev–Trinajstić information content (AvgIpc) is 2.54. The number of phenols is 1. The van der Waals surface area contributed by atoms with E-state index < -0.39 is 0 Å². The molecule has 0 spiro atoms. The normalized spacial score (nSPS) is 12.8. The Morgan fingerprint density at radius 2 is 1.64 bits per heavy atom. The van der Waals surface area contributed by atoms with Crippen molar-refractivity contribution in [3.63, 3.8) is 0 Å². The first kappa shape index (κ1) is 14.3. The third-order valence-electron chi connectivity index (χ3n) is 3.91. The molecule has 4 nitrogen and oxygen atoms in total. The van der Waals surface area contributed by atoms with Crippen molar-refractivity contribution in [1.82, 2.24) is 0 Å². The first-order valence-corrected chi connectivity index (χ1v) is 7.43. The van der Waals surface area contributed by atoms with Gasteiger partial charge in [0.2, 0.25) is 0 Å². The van der Waals surface area contributed by atoms with Gasteiger partial charge in [0.05, 0.1) is 11.3 Å². The van der Waals surface area contributed by atoms with E-state index in [4.69, 9.17) is 0 Å². The molecule has 112 valence electrons. The number of aromatic hydroxyl groups is 1. The summed E-state index contributed by atoms with van der Waals surface area (Å²) in [6.45, 7) is 2.79. The Hall–Kier alpha value is -2.62. The van der Waals surface area contributed by atoms with Gasteiger partial charge in [0.25, 0.3) is 0 Å². The van der Waals surface area contributed by atoms with Crippen LogP contribution >= 0.6 is 0 Å². The van der Waals surface area contributed by atoms with Gasteiger partial charge in [-0.05, 0) is 18.6 Å². The SMILES string of the molecule is CCCCNc1ccc2c(c1O)C(=O)c1ccccc1C2=O. The van der Waals surface area contributed by atoms with Crippen LogP contribution < -0.4 is 5.32 Å². The molecule has 4 heteroatoms. The first-order chi connectivity index (χ1) is 10.6. The average molecular weight is 295 g/mol. The number of hydrogen-bond donors (Lipinski definition) is 2. The lowest BCUT2D eigenvalue weighted by Crippen LogP contribution is -2.21. The van der Waals surface area contributed by atoms with Crippen molar-refractivity contribution in [3.8, 4) is 5.75 Å². The summed E-state index contributed by atoms with van der Waals surface area (Å²) >= 11 is 0. The van der Waals surface area contributed by atoms with Crippen molar-refractivity contribution in [2.24, 2.45) is 0 Å². The topological polar surface area (TPSA) is 66.4 Å². The molecule has 22 heavy (non-hydrogen) atoms. The Balaban J connectivity index is 2.07. The molecule has 2 aromatic rings. The summed E-state index contributed by atoms with van der Waals surface area (Å²) in [4.78, 5) is 25.1. The zero-order valence-corrected chi connectivity index (χ0v) is 12.3. The number of carbonyl (C=O) groups excluding carboxylic acids is 2. The molecule has 0 fully saturated rings. The monoisotopic (exact) mass is 295 g/mol. The third kappa shape index (κ3) is 2.17. The van der Waals surface area contributed by atoms with Crippen LogP contribution in [0.25, 0.3) is 0 Å². The second-order valence-electron chi connectivity index (χ2n) is 5.37. The predicted octanol–water partition coefficient (Wildman–Crippen LogP) is 3.38. The van der Waals surface area contributed by atoms with Crippen molar-refractivity contribution >= 4 is 17.3 Å². The second-order valence-corrected chi connectivity index (χ2v) is 5.37.